The van der Waals surface area contributed by atoms with Crippen LogP contribution in [0.5, 0.6) is 0 Å². The van der Waals surface area contributed by atoms with Crippen LogP contribution in [0.1, 0.15) is 56.8 Å². The minimum absolute atomic E-state index is 0.0308. The summed E-state index contributed by atoms with van der Waals surface area (Å²) in [5.74, 6) is -0.145. The van der Waals surface area contributed by atoms with Gasteiger partial charge in [0.15, 0.2) is 0 Å². The number of carbonyl (C=O) groups is 2. The van der Waals surface area contributed by atoms with Gasteiger partial charge in [0.25, 0.3) is 5.91 Å². The summed E-state index contributed by atoms with van der Waals surface area (Å²) in [6.07, 6.45) is 1.58. The molecule has 0 aromatic heterocycles. The van der Waals surface area contributed by atoms with Crippen molar-refractivity contribution in [2.75, 3.05) is 26.2 Å². The van der Waals surface area contributed by atoms with Crippen molar-refractivity contribution in [3.05, 3.63) is 35.9 Å². The Labute approximate surface area is 185 Å². The van der Waals surface area contributed by atoms with Crippen molar-refractivity contribution in [1.29, 1.82) is 0 Å². The third kappa shape index (κ3) is 3.17. The summed E-state index contributed by atoms with van der Waals surface area (Å²) in [5, 5.41) is 6.21. The van der Waals surface area contributed by atoms with Crippen molar-refractivity contribution in [1.82, 2.24) is 14.9 Å². The lowest BCUT2D eigenvalue weighted by atomic mass is 9.65. The molecule has 7 nitrogen and oxygen atoms in total. The van der Waals surface area contributed by atoms with Gasteiger partial charge in [-0.2, -0.15) is 4.31 Å². The van der Waals surface area contributed by atoms with E-state index in [1.165, 1.54) is 0 Å². The van der Waals surface area contributed by atoms with E-state index in [2.05, 4.69) is 10.6 Å². The standard InChI is InChI=1S/C23H33N3O4S/c1-17(25-20(28)18-7-5-4-6-8-18)15-22-9-10-23(16-19(22)27,21(22,2)3)31(29,30)26-13-11-24-12-14-26/h4-8,17,24H,9-16H2,1-3H3,(H,25,28). The summed E-state index contributed by atoms with van der Waals surface area (Å²) in [4.78, 5) is 26.0. The Bertz CT molecular complexity index is 972. The maximum atomic E-state index is 13.8. The number of hydrogen-bond acceptors (Lipinski definition) is 5. The predicted octanol–water partition coefficient (Wildman–Crippen LogP) is 1.95. The minimum atomic E-state index is -3.63. The molecule has 2 aliphatic carbocycles. The normalized spacial score (nSPS) is 31.5. The second-order valence-corrected chi connectivity index (χ2v) is 12.1. The number of carbonyl (C=O) groups excluding carboxylic acids is 2. The highest BCUT2D eigenvalue weighted by Gasteiger charge is 2.76. The molecule has 31 heavy (non-hydrogen) atoms. The molecular weight excluding hydrogens is 414 g/mol. The van der Waals surface area contributed by atoms with Crippen LogP contribution >= 0.6 is 0 Å². The van der Waals surface area contributed by atoms with Crippen LogP contribution in [0.3, 0.4) is 0 Å². The van der Waals surface area contributed by atoms with E-state index < -0.39 is 25.6 Å². The van der Waals surface area contributed by atoms with Gasteiger partial charge < -0.3 is 10.6 Å². The van der Waals surface area contributed by atoms with E-state index >= 15 is 0 Å². The molecule has 1 amide bonds. The summed E-state index contributed by atoms with van der Waals surface area (Å²) >= 11 is 0. The van der Waals surface area contributed by atoms with Gasteiger partial charge >= 0.3 is 0 Å². The zero-order valence-electron chi connectivity index (χ0n) is 18.6. The molecule has 170 valence electrons. The molecule has 1 heterocycles. The van der Waals surface area contributed by atoms with E-state index in [9.17, 15) is 18.0 Å². The summed E-state index contributed by atoms with van der Waals surface area (Å²) in [7, 11) is -3.63. The van der Waals surface area contributed by atoms with E-state index in [4.69, 9.17) is 0 Å². The zero-order valence-corrected chi connectivity index (χ0v) is 19.4. The van der Waals surface area contributed by atoms with E-state index in [-0.39, 0.29) is 24.2 Å². The Morgan fingerprint density at radius 3 is 2.42 bits per heavy atom. The Hall–Kier alpha value is -1.77. The topological polar surface area (TPSA) is 95.6 Å². The number of rotatable bonds is 6. The summed E-state index contributed by atoms with van der Waals surface area (Å²) < 4.78 is 28.1. The Morgan fingerprint density at radius 1 is 1.16 bits per heavy atom. The summed E-state index contributed by atoms with van der Waals surface area (Å²) in [6, 6.07) is 8.75. The zero-order chi connectivity index (χ0) is 22.5. The van der Waals surface area contributed by atoms with Gasteiger partial charge in [-0.05, 0) is 43.7 Å². The maximum Gasteiger partial charge on any atom is 0.251 e. The predicted molar refractivity (Wildman–Crippen MR) is 119 cm³/mol. The number of ketones is 1. The number of amides is 1. The van der Waals surface area contributed by atoms with Gasteiger partial charge in [0.05, 0.1) is 4.75 Å². The lowest BCUT2D eigenvalue weighted by Crippen LogP contribution is -2.57. The fourth-order valence-corrected chi connectivity index (χ4v) is 8.99. The van der Waals surface area contributed by atoms with Crippen molar-refractivity contribution in [3.8, 4) is 0 Å². The molecule has 1 aromatic rings. The highest BCUT2D eigenvalue weighted by Crippen LogP contribution is 2.70. The molecular formula is C23H33N3O4S. The molecule has 8 heteroatoms. The summed E-state index contributed by atoms with van der Waals surface area (Å²) in [6.45, 7) is 7.99. The number of nitrogens with one attached hydrogen (secondary N) is 2. The highest BCUT2D eigenvalue weighted by atomic mass is 32.2. The van der Waals surface area contributed by atoms with Crippen molar-refractivity contribution in [2.24, 2.45) is 10.8 Å². The first kappa shape index (κ1) is 22.4. The largest absolute Gasteiger partial charge is 0.350 e. The lowest BCUT2D eigenvalue weighted by molar-refractivity contribution is -0.130. The molecule has 3 fully saturated rings. The first-order valence-corrected chi connectivity index (χ1v) is 12.6. The van der Waals surface area contributed by atoms with Crippen LogP contribution in [-0.4, -0.2) is 61.4 Å². The van der Waals surface area contributed by atoms with Crippen molar-refractivity contribution in [2.45, 2.75) is 57.2 Å². The second kappa shape index (κ2) is 7.67. The highest BCUT2D eigenvalue weighted by molar-refractivity contribution is 7.90. The number of fused-ring (bicyclic) bond motifs is 2. The van der Waals surface area contributed by atoms with E-state index in [1.54, 1.807) is 16.4 Å². The molecule has 3 atom stereocenters. The number of Topliss-reactive ketones (excluding diaryl/α,β-unsaturated/α-hetero) is 1. The molecule has 3 unspecified atom stereocenters. The van der Waals surface area contributed by atoms with Crippen LogP contribution in [0.2, 0.25) is 0 Å². The lowest BCUT2D eigenvalue weighted by Gasteiger charge is -2.44. The second-order valence-electron chi connectivity index (χ2n) is 9.90. The van der Waals surface area contributed by atoms with Crippen LogP contribution in [-0.2, 0) is 14.8 Å². The SMILES string of the molecule is CC(CC12CCC(S(=O)(=O)N3CCNCC3)(CC1=O)C2(C)C)NC(=O)c1ccccc1. The van der Waals surface area contributed by atoms with Gasteiger partial charge in [0.2, 0.25) is 10.0 Å². The van der Waals surface area contributed by atoms with Crippen LogP contribution in [0.15, 0.2) is 30.3 Å². The number of benzene rings is 1. The minimum Gasteiger partial charge on any atom is -0.350 e. The van der Waals surface area contributed by atoms with Gasteiger partial charge in [-0.25, -0.2) is 8.42 Å². The fraction of sp³-hybridized carbons (Fsp3) is 0.652. The molecule has 2 bridgehead atoms. The molecule has 1 aliphatic heterocycles. The Balaban J connectivity index is 1.58. The number of piperazine rings is 1. The average molecular weight is 448 g/mol. The third-order valence-electron chi connectivity index (χ3n) is 8.25. The van der Waals surface area contributed by atoms with Gasteiger partial charge in [-0.1, -0.05) is 32.0 Å². The van der Waals surface area contributed by atoms with E-state index in [0.29, 0.717) is 51.0 Å². The molecule has 1 saturated heterocycles. The molecule has 2 N–H and O–H groups in total. The third-order valence-corrected chi connectivity index (χ3v) is 11.1. The van der Waals surface area contributed by atoms with Gasteiger partial charge in [-0.3, -0.25) is 9.59 Å². The quantitative estimate of drug-likeness (QED) is 0.695. The first-order valence-electron chi connectivity index (χ1n) is 11.2. The first-order chi connectivity index (χ1) is 14.6. The molecule has 1 aromatic carbocycles. The summed E-state index contributed by atoms with van der Waals surface area (Å²) in [5.41, 5.74) is -0.866. The van der Waals surface area contributed by atoms with Gasteiger partial charge in [0, 0.05) is 49.6 Å². The smallest absolute Gasteiger partial charge is 0.251 e. The van der Waals surface area contributed by atoms with Crippen LogP contribution in [0.4, 0.5) is 0 Å². The average Bonchev–Trinajstić information content (AvgIpc) is 3.07. The van der Waals surface area contributed by atoms with Gasteiger partial charge in [-0.15, -0.1) is 0 Å². The Morgan fingerprint density at radius 2 is 1.81 bits per heavy atom. The van der Waals surface area contributed by atoms with Crippen molar-refractivity contribution in [3.63, 3.8) is 0 Å². The van der Waals surface area contributed by atoms with E-state index in [1.807, 2.05) is 39.0 Å². The van der Waals surface area contributed by atoms with Crippen LogP contribution < -0.4 is 10.6 Å². The number of sulfonamides is 1. The molecule has 0 radical (unpaired) electrons. The monoisotopic (exact) mass is 447 g/mol. The van der Waals surface area contributed by atoms with Crippen molar-refractivity contribution >= 4 is 21.7 Å². The number of hydrogen-bond donors (Lipinski definition) is 2. The van der Waals surface area contributed by atoms with Crippen LogP contribution in [0.25, 0.3) is 0 Å². The van der Waals surface area contributed by atoms with Gasteiger partial charge in [0.1, 0.15) is 5.78 Å². The Kier molecular flexibility index (Phi) is 5.55. The molecule has 2 saturated carbocycles. The van der Waals surface area contributed by atoms with Crippen molar-refractivity contribution < 1.29 is 18.0 Å². The molecule has 3 aliphatic rings. The molecule has 0 spiro atoms. The number of nitrogens with zero attached hydrogens (tertiary/aromatic N) is 1. The van der Waals surface area contributed by atoms with Crippen LogP contribution in [0, 0.1) is 10.8 Å². The maximum absolute atomic E-state index is 13.8. The fourth-order valence-electron chi connectivity index (χ4n) is 6.32. The van der Waals surface area contributed by atoms with E-state index in [0.717, 1.165) is 0 Å². The molecule has 4 rings (SSSR count).